The summed E-state index contributed by atoms with van der Waals surface area (Å²) < 4.78 is 10.6. The molecule has 0 radical (unpaired) electrons. The van der Waals surface area contributed by atoms with Gasteiger partial charge in [-0.15, -0.1) is 0 Å². The van der Waals surface area contributed by atoms with Gasteiger partial charge in [-0.25, -0.2) is 0 Å². The van der Waals surface area contributed by atoms with E-state index in [1.807, 2.05) is 12.1 Å². The van der Waals surface area contributed by atoms with E-state index in [1.54, 1.807) is 37.4 Å². The second-order valence-electron chi connectivity index (χ2n) is 7.17. The molecule has 156 valence electrons. The summed E-state index contributed by atoms with van der Waals surface area (Å²) in [5.41, 5.74) is 2.90. The lowest BCUT2D eigenvalue weighted by molar-refractivity contribution is 0.109. The maximum atomic E-state index is 10.5. The van der Waals surface area contributed by atoms with E-state index in [-0.39, 0.29) is 0 Å². The molecule has 1 N–H and O–H groups in total. The lowest BCUT2D eigenvalue weighted by Gasteiger charge is -2.37. The van der Waals surface area contributed by atoms with Crippen LogP contribution < -0.4 is 9.64 Å². The van der Waals surface area contributed by atoms with Gasteiger partial charge in [-0.3, -0.25) is 4.90 Å². The third kappa shape index (κ3) is 5.49. The molecule has 1 saturated heterocycles. The minimum atomic E-state index is -0.595. The van der Waals surface area contributed by atoms with E-state index in [2.05, 4.69) is 21.9 Å². The number of nitrogens with zero attached hydrogens (tertiary/aromatic N) is 4. The Balaban J connectivity index is 1.55. The lowest BCUT2D eigenvalue weighted by atomic mass is 10.1. The molecule has 1 aliphatic heterocycles. The number of aliphatic hydroxyl groups excluding tert-OH is 1. The molecule has 0 saturated carbocycles. The zero-order valence-corrected chi connectivity index (χ0v) is 17.1. The number of hydrogen-bond donors (Lipinski definition) is 1. The van der Waals surface area contributed by atoms with Crippen molar-refractivity contribution in [3.8, 4) is 17.9 Å². The van der Waals surface area contributed by atoms with Gasteiger partial charge in [0, 0.05) is 39.8 Å². The van der Waals surface area contributed by atoms with Crippen molar-refractivity contribution in [1.29, 1.82) is 10.5 Å². The molecule has 1 fully saturated rings. The van der Waals surface area contributed by atoms with Gasteiger partial charge in [0.05, 0.1) is 35.6 Å². The number of β-amino-alcohol motifs (C(OH)–C–C–N with tert-alkyl or cyclic N) is 1. The number of aliphatic hydroxyl groups is 1. The summed E-state index contributed by atoms with van der Waals surface area (Å²) in [7, 11) is 1.62. The lowest BCUT2D eigenvalue weighted by Crippen LogP contribution is -2.47. The minimum absolute atomic E-state index is 0.445. The Bertz CT molecular complexity index is 910. The van der Waals surface area contributed by atoms with Crippen molar-refractivity contribution in [2.45, 2.75) is 6.10 Å². The van der Waals surface area contributed by atoms with Crippen molar-refractivity contribution in [1.82, 2.24) is 4.90 Å². The Hall–Kier alpha value is -3.10. The van der Waals surface area contributed by atoms with Gasteiger partial charge in [-0.1, -0.05) is 12.1 Å². The number of rotatable bonds is 8. The summed E-state index contributed by atoms with van der Waals surface area (Å²) in [5.74, 6) is 0.663. The molecule has 0 amide bonds. The molecule has 0 bridgehead atoms. The van der Waals surface area contributed by atoms with Crippen molar-refractivity contribution < 1.29 is 14.6 Å². The monoisotopic (exact) mass is 406 g/mol. The molecule has 1 aliphatic rings. The molecule has 1 unspecified atom stereocenters. The highest BCUT2D eigenvalue weighted by atomic mass is 16.5. The molecule has 7 heteroatoms. The van der Waals surface area contributed by atoms with Crippen LogP contribution in [0.1, 0.15) is 22.8 Å². The summed E-state index contributed by atoms with van der Waals surface area (Å²) in [6, 6.07) is 17.0. The molecule has 3 rings (SSSR count). The van der Waals surface area contributed by atoms with Gasteiger partial charge < -0.3 is 19.5 Å². The average molecular weight is 406 g/mol. The zero-order chi connectivity index (χ0) is 21.3. The number of benzene rings is 2. The quantitative estimate of drug-likeness (QED) is 0.673. The van der Waals surface area contributed by atoms with Gasteiger partial charge in [0.15, 0.2) is 0 Å². The molecule has 0 spiro atoms. The Kier molecular flexibility index (Phi) is 7.64. The summed E-state index contributed by atoms with van der Waals surface area (Å²) in [6.07, 6.45) is -0.595. The van der Waals surface area contributed by atoms with Gasteiger partial charge in [-0.05, 0) is 35.9 Å². The Morgan fingerprint density at radius 3 is 2.37 bits per heavy atom. The van der Waals surface area contributed by atoms with Gasteiger partial charge in [0.1, 0.15) is 18.4 Å². The predicted molar refractivity (Wildman–Crippen MR) is 113 cm³/mol. The Morgan fingerprint density at radius 1 is 1.00 bits per heavy atom. The predicted octanol–water partition coefficient (Wildman–Crippen LogP) is 2.31. The number of ether oxygens (including phenoxy) is 2. The van der Waals surface area contributed by atoms with Crippen LogP contribution in [-0.4, -0.2) is 63.1 Å². The SMILES string of the molecule is COCCOc1ccc(N2CCN(CC(O)c3ccc(C#N)cc3)CC2)c(C#N)c1. The average Bonchev–Trinajstić information content (AvgIpc) is 2.79. The zero-order valence-electron chi connectivity index (χ0n) is 17.1. The van der Waals surface area contributed by atoms with Crippen LogP contribution in [0.4, 0.5) is 5.69 Å². The second-order valence-corrected chi connectivity index (χ2v) is 7.17. The molecule has 1 heterocycles. The van der Waals surface area contributed by atoms with E-state index in [4.69, 9.17) is 14.7 Å². The number of anilines is 1. The fourth-order valence-corrected chi connectivity index (χ4v) is 3.51. The maximum absolute atomic E-state index is 10.5. The third-order valence-corrected chi connectivity index (χ3v) is 5.21. The van der Waals surface area contributed by atoms with Crippen LogP contribution in [0.15, 0.2) is 42.5 Å². The van der Waals surface area contributed by atoms with Crippen LogP contribution in [0.25, 0.3) is 0 Å². The molecule has 2 aromatic rings. The first-order chi connectivity index (χ1) is 14.6. The molecular weight excluding hydrogens is 380 g/mol. The number of nitriles is 2. The van der Waals surface area contributed by atoms with E-state index >= 15 is 0 Å². The van der Waals surface area contributed by atoms with Crippen molar-refractivity contribution in [3.05, 3.63) is 59.2 Å². The Labute approximate surface area is 177 Å². The van der Waals surface area contributed by atoms with Gasteiger partial charge >= 0.3 is 0 Å². The molecule has 2 aromatic carbocycles. The van der Waals surface area contributed by atoms with E-state index in [0.29, 0.717) is 36.6 Å². The minimum Gasteiger partial charge on any atom is -0.491 e. The summed E-state index contributed by atoms with van der Waals surface area (Å²) >= 11 is 0. The van der Waals surface area contributed by atoms with Crippen LogP contribution in [0.5, 0.6) is 5.75 Å². The fourth-order valence-electron chi connectivity index (χ4n) is 3.51. The normalized spacial score (nSPS) is 15.3. The first-order valence-corrected chi connectivity index (χ1v) is 9.96. The summed E-state index contributed by atoms with van der Waals surface area (Å²) in [4.78, 5) is 4.41. The first-order valence-electron chi connectivity index (χ1n) is 9.96. The van der Waals surface area contributed by atoms with Crippen LogP contribution in [0.3, 0.4) is 0 Å². The van der Waals surface area contributed by atoms with Crippen LogP contribution in [0, 0.1) is 22.7 Å². The van der Waals surface area contributed by atoms with E-state index in [0.717, 1.165) is 37.4 Å². The summed E-state index contributed by atoms with van der Waals surface area (Å²) in [6.45, 7) is 4.63. The van der Waals surface area contributed by atoms with Crippen molar-refractivity contribution in [3.63, 3.8) is 0 Å². The fraction of sp³-hybridized carbons (Fsp3) is 0.391. The van der Waals surface area contributed by atoms with Crippen LogP contribution in [0.2, 0.25) is 0 Å². The highest BCUT2D eigenvalue weighted by molar-refractivity contribution is 5.62. The van der Waals surface area contributed by atoms with Crippen LogP contribution >= 0.6 is 0 Å². The molecular formula is C23H26N4O3. The first kappa shape index (κ1) is 21.6. The van der Waals surface area contributed by atoms with Crippen molar-refractivity contribution in [2.75, 3.05) is 57.9 Å². The maximum Gasteiger partial charge on any atom is 0.120 e. The number of methoxy groups -OCH3 is 1. The van der Waals surface area contributed by atoms with Gasteiger partial charge in [0.25, 0.3) is 0 Å². The highest BCUT2D eigenvalue weighted by Gasteiger charge is 2.22. The van der Waals surface area contributed by atoms with E-state index < -0.39 is 6.10 Å². The highest BCUT2D eigenvalue weighted by Crippen LogP contribution is 2.26. The number of piperazine rings is 1. The largest absolute Gasteiger partial charge is 0.491 e. The molecule has 7 nitrogen and oxygen atoms in total. The standard InChI is InChI=1S/C23H26N4O3/c1-29-12-13-30-21-6-7-22(20(14-21)16-25)27-10-8-26(9-11-27)17-23(28)19-4-2-18(15-24)3-5-19/h2-7,14,23,28H,8-13,17H2,1H3. The topological polar surface area (TPSA) is 92.8 Å². The van der Waals surface area contributed by atoms with Crippen molar-refractivity contribution >= 4 is 5.69 Å². The van der Waals surface area contributed by atoms with Crippen molar-refractivity contribution in [2.24, 2.45) is 0 Å². The van der Waals surface area contributed by atoms with E-state index in [1.165, 1.54) is 0 Å². The van der Waals surface area contributed by atoms with Gasteiger partial charge in [0.2, 0.25) is 0 Å². The molecule has 0 aliphatic carbocycles. The van der Waals surface area contributed by atoms with Gasteiger partial charge in [-0.2, -0.15) is 10.5 Å². The molecule has 0 aromatic heterocycles. The van der Waals surface area contributed by atoms with E-state index in [9.17, 15) is 10.4 Å². The third-order valence-electron chi connectivity index (χ3n) is 5.21. The molecule has 1 atom stereocenters. The number of hydrogen-bond acceptors (Lipinski definition) is 7. The Morgan fingerprint density at radius 2 is 1.73 bits per heavy atom. The molecule has 30 heavy (non-hydrogen) atoms. The van der Waals surface area contributed by atoms with Crippen LogP contribution in [-0.2, 0) is 4.74 Å². The second kappa shape index (κ2) is 10.6. The smallest absolute Gasteiger partial charge is 0.120 e. The summed E-state index contributed by atoms with van der Waals surface area (Å²) in [5, 5.41) is 29.0.